The van der Waals surface area contributed by atoms with E-state index < -0.39 is 25.0 Å². The Morgan fingerprint density at radius 3 is 2.42 bits per heavy atom. The van der Waals surface area contributed by atoms with E-state index in [1.54, 1.807) is 7.05 Å². The zero-order chi connectivity index (χ0) is 23.2. The number of rotatable bonds is 13. The van der Waals surface area contributed by atoms with Crippen molar-refractivity contribution < 1.29 is 19.6 Å². The van der Waals surface area contributed by atoms with Crippen molar-refractivity contribution >= 4 is 24.9 Å². The Labute approximate surface area is 185 Å². The topological polar surface area (TPSA) is 149 Å². The maximum Gasteiger partial charge on any atom is 0.475 e. The van der Waals surface area contributed by atoms with Gasteiger partial charge in [0.15, 0.2) is 5.96 Å². The molecule has 0 spiro atoms. The first-order valence-corrected chi connectivity index (χ1v) is 10.7. The number of nitrogens with one attached hydrogen (secondary N) is 3. The Morgan fingerprint density at radius 2 is 1.84 bits per heavy atom. The minimum absolute atomic E-state index is 0.159. The van der Waals surface area contributed by atoms with E-state index in [-0.39, 0.29) is 18.2 Å². The maximum atomic E-state index is 12.8. The van der Waals surface area contributed by atoms with Crippen LogP contribution in [0.1, 0.15) is 45.1 Å². The summed E-state index contributed by atoms with van der Waals surface area (Å²) in [5.74, 6) is -1.03. The highest BCUT2D eigenvalue weighted by atomic mass is 16.4. The third-order valence-electron chi connectivity index (χ3n) is 4.76. The summed E-state index contributed by atoms with van der Waals surface area (Å²) in [7, 11) is -0.108. The molecule has 0 aliphatic carbocycles. The predicted molar refractivity (Wildman–Crippen MR) is 123 cm³/mol. The molecule has 0 fully saturated rings. The fraction of sp³-hybridized carbons (Fsp3) is 0.571. The lowest BCUT2D eigenvalue weighted by atomic mass is 9.75. The van der Waals surface area contributed by atoms with E-state index in [1.807, 2.05) is 44.2 Å². The molecule has 0 saturated heterocycles. The summed E-state index contributed by atoms with van der Waals surface area (Å²) >= 11 is 0. The van der Waals surface area contributed by atoms with Gasteiger partial charge >= 0.3 is 7.12 Å². The summed E-state index contributed by atoms with van der Waals surface area (Å²) in [6.45, 7) is 4.34. The second-order valence-electron chi connectivity index (χ2n) is 7.94. The molecule has 0 saturated carbocycles. The van der Waals surface area contributed by atoms with Crippen molar-refractivity contribution in [3.8, 4) is 0 Å². The predicted octanol–water partition coefficient (Wildman–Crippen LogP) is -0.0388. The van der Waals surface area contributed by atoms with Crippen molar-refractivity contribution in [2.75, 3.05) is 13.6 Å². The molecule has 172 valence electrons. The summed E-state index contributed by atoms with van der Waals surface area (Å²) in [6.07, 6.45) is 2.15. The Balaban J connectivity index is 2.71. The molecular weight excluding hydrogens is 397 g/mol. The van der Waals surface area contributed by atoms with Gasteiger partial charge in [-0.1, -0.05) is 44.2 Å². The molecule has 10 heteroatoms. The van der Waals surface area contributed by atoms with Crippen LogP contribution >= 0.6 is 0 Å². The second kappa shape index (κ2) is 14.4. The van der Waals surface area contributed by atoms with Crippen LogP contribution in [0.2, 0.25) is 0 Å². The summed E-state index contributed by atoms with van der Waals surface area (Å²) in [5, 5.41) is 27.6. The molecule has 0 radical (unpaired) electrons. The molecule has 0 aromatic heterocycles. The quantitative estimate of drug-likeness (QED) is 0.111. The van der Waals surface area contributed by atoms with Crippen LogP contribution in [-0.2, 0) is 16.0 Å². The van der Waals surface area contributed by atoms with Crippen LogP contribution in [0.15, 0.2) is 35.3 Å². The molecule has 9 nitrogen and oxygen atoms in total. The van der Waals surface area contributed by atoms with Gasteiger partial charge in [0.1, 0.15) is 6.04 Å². The van der Waals surface area contributed by atoms with Gasteiger partial charge in [0.05, 0.1) is 5.94 Å². The number of nitrogens with two attached hydrogens (primary N) is 1. The van der Waals surface area contributed by atoms with E-state index in [2.05, 4.69) is 20.9 Å². The van der Waals surface area contributed by atoms with Gasteiger partial charge in [-0.05, 0) is 37.2 Å². The minimum atomic E-state index is -1.68. The molecule has 7 N–H and O–H groups in total. The van der Waals surface area contributed by atoms with E-state index in [9.17, 15) is 19.6 Å². The SMILES string of the molecule is CN=C(N)NCCC[C@H](NC(=O)CCc1ccccc1)C(=O)N[C@@H](CC(C)C)B(O)O. The largest absolute Gasteiger partial charge is 0.475 e. The highest BCUT2D eigenvalue weighted by Gasteiger charge is 2.29. The summed E-state index contributed by atoms with van der Waals surface area (Å²) < 4.78 is 0. The van der Waals surface area contributed by atoms with Gasteiger partial charge < -0.3 is 31.7 Å². The number of aryl methyl sites for hydroxylation is 1. The number of hydrogen-bond donors (Lipinski definition) is 6. The molecule has 0 unspecified atom stereocenters. The maximum absolute atomic E-state index is 12.8. The summed E-state index contributed by atoms with van der Waals surface area (Å²) in [4.78, 5) is 29.1. The van der Waals surface area contributed by atoms with E-state index in [1.165, 1.54) is 0 Å². The zero-order valence-corrected chi connectivity index (χ0v) is 18.7. The van der Waals surface area contributed by atoms with Crippen molar-refractivity contribution in [1.29, 1.82) is 0 Å². The van der Waals surface area contributed by atoms with Crippen molar-refractivity contribution in [1.82, 2.24) is 16.0 Å². The molecule has 1 rings (SSSR count). The molecule has 1 aromatic carbocycles. The molecule has 0 aliphatic heterocycles. The Kier molecular flexibility index (Phi) is 12.3. The third kappa shape index (κ3) is 11.4. The molecular formula is C21H36BN5O4. The van der Waals surface area contributed by atoms with Crippen molar-refractivity contribution in [3.05, 3.63) is 35.9 Å². The van der Waals surface area contributed by atoms with E-state index in [0.29, 0.717) is 38.2 Å². The number of benzene rings is 1. The molecule has 2 atom stereocenters. The second-order valence-corrected chi connectivity index (χ2v) is 7.94. The van der Waals surface area contributed by atoms with Gasteiger partial charge in [-0.2, -0.15) is 0 Å². The average Bonchev–Trinajstić information content (AvgIpc) is 2.73. The Bertz CT molecular complexity index is 700. The summed E-state index contributed by atoms with van der Waals surface area (Å²) in [6, 6.07) is 8.84. The normalized spacial score (nSPS) is 13.4. The molecule has 1 aromatic rings. The molecule has 0 heterocycles. The monoisotopic (exact) mass is 433 g/mol. The van der Waals surface area contributed by atoms with Crippen LogP contribution < -0.4 is 21.7 Å². The third-order valence-corrected chi connectivity index (χ3v) is 4.76. The smallest absolute Gasteiger partial charge is 0.426 e. The van der Waals surface area contributed by atoms with Crippen LogP contribution in [-0.4, -0.2) is 60.5 Å². The van der Waals surface area contributed by atoms with Crippen molar-refractivity contribution in [2.45, 2.75) is 57.9 Å². The van der Waals surface area contributed by atoms with E-state index in [4.69, 9.17) is 5.73 Å². The number of amides is 2. The summed E-state index contributed by atoms with van der Waals surface area (Å²) in [5.41, 5.74) is 6.64. The highest BCUT2D eigenvalue weighted by Crippen LogP contribution is 2.08. The first kappa shape index (κ1) is 26.5. The standard InChI is InChI=1S/C21H36BN5O4/c1-15(2)14-18(22(30)31)27-20(29)17(10-7-13-25-21(23)24-3)26-19(28)12-11-16-8-5-4-6-9-16/h4-6,8-9,15,17-18,30-31H,7,10-14H2,1-3H3,(H,26,28)(H,27,29)(H3,23,24,25)/t17-,18-/m0/s1. The van der Waals surface area contributed by atoms with E-state index in [0.717, 1.165) is 5.56 Å². The van der Waals surface area contributed by atoms with Crippen LogP contribution in [0, 0.1) is 5.92 Å². The number of hydrogen-bond acceptors (Lipinski definition) is 5. The molecule has 31 heavy (non-hydrogen) atoms. The van der Waals surface area contributed by atoms with Gasteiger partial charge in [0.2, 0.25) is 11.8 Å². The van der Waals surface area contributed by atoms with Gasteiger partial charge in [-0.15, -0.1) is 0 Å². The van der Waals surface area contributed by atoms with Gasteiger partial charge in [-0.3, -0.25) is 14.6 Å². The zero-order valence-electron chi connectivity index (χ0n) is 18.7. The van der Waals surface area contributed by atoms with Gasteiger partial charge in [0.25, 0.3) is 0 Å². The number of carbonyl (C=O) groups excluding carboxylic acids is 2. The Hall–Kier alpha value is -2.59. The van der Waals surface area contributed by atoms with Crippen LogP contribution in [0.3, 0.4) is 0 Å². The Morgan fingerprint density at radius 1 is 1.16 bits per heavy atom. The van der Waals surface area contributed by atoms with Crippen molar-refractivity contribution in [3.63, 3.8) is 0 Å². The molecule has 0 aliphatic rings. The number of carbonyl (C=O) groups is 2. The minimum Gasteiger partial charge on any atom is -0.426 e. The van der Waals surface area contributed by atoms with Crippen LogP contribution in [0.4, 0.5) is 0 Å². The number of nitrogens with zero attached hydrogens (tertiary/aromatic N) is 1. The lowest BCUT2D eigenvalue weighted by molar-refractivity contribution is -0.129. The van der Waals surface area contributed by atoms with Crippen LogP contribution in [0.25, 0.3) is 0 Å². The fourth-order valence-corrected chi connectivity index (χ4v) is 3.09. The van der Waals surface area contributed by atoms with E-state index >= 15 is 0 Å². The van der Waals surface area contributed by atoms with Gasteiger partial charge in [-0.25, -0.2) is 0 Å². The lowest BCUT2D eigenvalue weighted by Gasteiger charge is -2.24. The first-order chi connectivity index (χ1) is 14.7. The average molecular weight is 433 g/mol. The number of aliphatic imine (C=N–C) groups is 1. The fourth-order valence-electron chi connectivity index (χ4n) is 3.09. The number of guanidine groups is 1. The first-order valence-electron chi connectivity index (χ1n) is 10.7. The van der Waals surface area contributed by atoms with Crippen LogP contribution in [0.5, 0.6) is 0 Å². The highest BCUT2D eigenvalue weighted by molar-refractivity contribution is 6.43. The van der Waals surface area contributed by atoms with Crippen molar-refractivity contribution in [2.24, 2.45) is 16.6 Å². The molecule has 0 bridgehead atoms. The molecule has 2 amide bonds. The lowest BCUT2D eigenvalue weighted by Crippen LogP contribution is -2.54. The van der Waals surface area contributed by atoms with Gasteiger partial charge in [0, 0.05) is 20.0 Å².